The van der Waals surface area contributed by atoms with Crippen LogP contribution >= 0.6 is 46.4 Å². The number of carbonyl (C=O) groups excluding carboxylic acids is 2. The van der Waals surface area contributed by atoms with Crippen molar-refractivity contribution in [3.63, 3.8) is 0 Å². The van der Waals surface area contributed by atoms with Crippen LogP contribution < -0.4 is 0 Å². The summed E-state index contributed by atoms with van der Waals surface area (Å²) < 4.78 is 2.82. The number of hydrogen-bond acceptors (Lipinski definition) is 6. The second kappa shape index (κ2) is 24.4. The molecule has 6 saturated carbocycles. The van der Waals surface area contributed by atoms with Crippen molar-refractivity contribution in [3.8, 4) is 0 Å². The first-order valence-corrected chi connectivity index (χ1v) is 33.1. The minimum absolute atomic E-state index is 0.127. The van der Waals surface area contributed by atoms with Gasteiger partial charge in [0, 0.05) is 62.4 Å². The van der Waals surface area contributed by atoms with Crippen LogP contribution in [-0.4, -0.2) is 169 Å². The fourth-order valence-corrected chi connectivity index (χ4v) is 21.6. The largest absolute Gasteiger partial charge is 0.326 e. The zero-order valence-corrected chi connectivity index (χ0v) is 49.2. The van der Waals surface area contributed by atoms with Crippen molar-refractivity contribution in [2.75, 3.05) is 119 Å². The fourth-order valence-electron chi connectivity index (χ4n) is 19.9. The van der Waals surface area contributed by atoms with Gasteiger partial charge < -0.3 is 18.8 Å². The van der Waals surface area contributed by atoms with Gasteiger partial charge in [-0.25, -0.2) is 0 Å². The minimum Gasteiger partial charge on any atom is -0.326 e. The highest BCUT2D eigenvalue weighted by atomic mass is 35.5. The molecule has 0 spiro atoms. The van der Waals surface area contributed by atoms with Crippen molar-refractivity contribution < 1.29 is 18.6 Å². The molecule has 0 radical (unpaired) electrons. The van der Waals surface area contributed by atoms with Gasteiger partial charge in [-0.05, 0) is 237 Å². The zero-order valence-electron chi connectivity index (χ0n) is 46.2. The average Bonchev–Trinajstić information content (AvgIpc) is 4.22. The van der Waals surface area contributed by atoms with Crippen LogP contribution in [-0.2, 0) is 9.59 Å². The Balaban J connectivity index is 0.000000107. The van der Waals surface area contributed by atoms with Crippen LogP contribution in [0.2, 0.25) is 0 Å². The number of allylic oxidation sites excluding steroid dienone is 4. The van der Waals surface area contributed by atoms with Crippen molar-refractivity contribution >= 4 is 56.9 Å². The number of hydrogen-bond donors (Lipinski definition) is 0. The van der Waals surface area contributed by atoms with Crippen LogP contribution in [0.25, 0.3) is 0 Å². The van der Waals surface area contributed by atoms with Crippen molar-refractivity contribution in [2.24, 2.45) is 94.7 Å². The lowest BCUT2D eigenvalue weighted by Crippen LogP contribution is -2.52. The highest BCUT2D eigenvalue weighted by Gasteiger charge is 2.55. The van der Waals surface area contributed by atoms with E-state index >= 15 is 0 Å². The molecule has 18 unspecified atom stereocenters. The van der Waals surface area contributed by atoms with Gasteiger partial charge in [0.15, 0.2) is 0 Å². The molecule has 0 aromatic heterocycles. The van der Waals surface area contributed by atoms with Gasteiger partial charge in [0.05, 0.1) is 76.2 Å². The van der Waals surface area contributed by atoms with E-state index in [0.717, 1.165) is 53.8 Å². The number of fused-ring (bicyclic) bond motifs is 8. The van der Waals surface area contributed by atoms with E-state index in [1.165, 1.54) is 197 Å². The number of quaternary nitrogens is 2. The molecule has 6 saturated heterocycles. The molecule has 8 aliphatic carbocycles. The Morgan fingerprint density at radius 3 is 1.11 bits per heavy atom. The molecule has 0 amide bonds. The number of carbonyl (C=O) groups is 2. The summed E-state index contributed by atoms with van der Waals surface area (Å²) >= 11 is 24.8. The standard InChI is InChI=1S/C19H36N2.C17H26Cl2N2.C17H30N2.C9H8Cl2O2/c1-20(9-3-4-10-20)14-18-16-7-8-17(13-16)19(18)15-21(2)11-5-6-12-21;18-16(20-7-1-2-8-20)14-12-5-6-13(11-12)15(14)17(19)21-9-3-4-10-21;1-2-8-18(7-1)12-16-14-5-6-15(11-14)17(16)13-19-9-3-4-10-19;10-8(12)6-4-1-2-5(3-4)7(6)9(11)13/h16-19H,3-15H2,1-2H3;5-6,12-17H,1-4,7-11H2;14-17H,1-13H2;1-2,4-7H,3H2/q+2;;;. The van der Waals surface area contributed by atoms with E-state index in [1.807, 2.05) is 12.2 Å². The van der Waals surface area contributed by atoms with Gasteiger partial charge in [-0.3, -0.25) is 19.4 Å². The Labute approximate surface area is 469 Å². The minimum atomic E-state index is -0.434. The predicted octanol–water partition coefficient (Wildman–Crippen LogP) is 11.7. The normalized spacial score (nSPS) is 43.0. The number of nitrogens with zero attached hydrogens (tertiary/aromatic N) is 6. The number of likely N-dealkylation sites (tertiary alicyclic amines) is 6. The Bertz CT molecular complexity index is 1810. The highest BCUT2D eigenvalue weighted by Crippen LogP contribution is 2.57. The van der Waals surface area contributed by atoms with Crippen molar-refractivity contribution in [1.29, 1.82) is 0 Å². The van der Waals surface area contributed by atoms with E-state index in [1.54, 1.807) is 38.5 Å². The summed E-state index contributed by atoms with van der Waals surface area (Å²) in [7, 11) is 5.12. The van der Waals surface area contributed by atoms with Crippen molar-refractivity contribution in [3.05, 3.63) is 24.3 Å². The van der Waals surface area contributed by atoms with Gasteiger partial charge in [-0.15, -0.1) is 23.2 Å². The number of rotatable bonds is 14. The smallest absolute Gasteiger partial charge is 0.226 e. The first-order valence-electron chi connectivity index (χ1n) is 31.5. The Morgan fingerprint density at radius 2 is 0.757 bits per heavy atom. The average molecular weight is 1100 g/mol. The summed E-state index contributed by atoms with van der Waals surface area (Å²) in [6.45, 7) is 22.1. The third-order valence-electron chi connectivity index (χ3n) is 23.7. The van der Waals surface area contributed by atoms with Gasteiger partial charge >= 0.3 is 0 Å². The number of alkyl halides is 2. The van der Waals surface area contributed by atoms with E-state index in [9.17, 15) is 9.59 Å². The molecule has 0 aromatic carbocycles. The van der Waals surface area contributed by atoms with Gasteiger partial charge in [-0.2, -0.15) is 0 Å². The van der Waals surface area contributed by atoms with E-state index < -0.39 is 10.5 Å². The maximum absolute atomic E-state index is 11.1. The topological polar surface area (TPSA) is 47.1 Å². The van der Waals surface area contributed by atoms with E-state index in [2.05, 4.69) is 45.8 Å². The predicted molar refractivity (Wildman–Crippen MR) is 305 cm³/mol. The second-order valence-electron chi connectivity index (χ2n) is 28.2. The highest BCUT2D eigenvalue weighted by molar-refractivity contribution is 6.67. The van der Waals surface area contributed by atoms with Gasteiger partial charge in [0.2, 0.25) is 10.5 Å². The van der Waals surface area contributed by atoms with Gasteiger partial charge in [-0.1, -0.05) is 24.3 Å². The Morgan fingerprint density at radius 1 is 0.446 bits per heavy atom. The summed E-state index contributed by atoms with van der Waals surface area (Å²) in [5, 5.41) is -0.869. The second-order valence-corrected chi connectivity index (χ2v) is 29.8. The lowest BCUT2D eigenvalue weighted by molar-refractivity contribution is -0.910. The summed E-state index contributed by atoms with van der Waals surface area (Å²) in [4.78, 5) is 32.7. The molecular weight excluding hydrogens is 1000 g/mol. The molecular formula is C62H100Cl4N6O2+2. The monoisotopic (exact) mass is 1100 g/mol. The number of halogens is 4. The molecule has 14 aliphatic rings. The van der Waals surface area contributed by atoms with Crippen molar-refractivity contribution in [1.82, 2.24) is 19.6 Å². The SMILES string of the molecule is C1CCN(CC2C3CCC(C3)C2CN2CCCC2)C1.C[N+]1(CC2C3CCC(C3)C2C[N+]2(C)CCCC2)CCCC1.ClC(C1C2C=CC(C2)C1C(Cl)N1CCCC1)N1CCCC1.O=C(Cl)C1C2C=CC(C2)C1C(=O)Cl. The molecule has 0 aromatic rings. The molecule has 18 atom stereocenters. The molecule has 416 valence electrons. The van der Waals surface area contributed by atoms with Crippen LogP contribution in [0.4, 0.5) is 0 Å². The zero-order chi connectivity index (χ0) is 51.1. The molecule has 74 heavy (non-hydrogen) atoms. The molecule has 14 rings (SSSR count). The summed E-state index contributed by atoms with van der Waals surface area (Å²) in [6, 6.07) is 0. The molecule has 6 heterocycles. The van der Waals surface area contributed by atoms with E-state index in [4.69, 9.17) is 46.4 Å². The third-order valence-corrected chi connectivity index (χ3v) is 25.3. The Kier molecular flexibility index (Phi) is 18.4. The fraction of sp³-hybridized carbons (Fsp3) is 0.903. The van der Waals surface area contributed by atoms with Crippen molar-refractivity contribution in [2.45, 2.75) is 139 Å². The first-order chi connectivity index (χ1) is 35.8. The first kappa shape index (κ1) is 55.6. The lowest BCUT2D eigenvalue weighted by atomic mass is 9.78. The van der Waals surface area contributed by atoms with Crippen LogP contribution in [0.3, 0.4) is 0 Å². The molecule has 12 heteroatoms. The maximum atomic E-state index is 11.1. The molecule has 0 N–H and O–H groups in total. The summed E-state index contributed by atoms with van der Waals surface area (Å²) in [5.41, 5.74) is 0.364. The van der Waals surface area contributed by atoms with Crippen LogP contribution in [0.15, 0.2) is 24.3 Å². The maximum Gasteiger partial charge on any atom is 0.226 e. The van der Waals surface area contributed by atoms with Gasteiger partial charge in [0.25, 0.3) is 0 Å². The van der Waals surface area contributed by atoms with Crippen LogP contribution in [0.5, 0.6) is 0 Å². The summed E-state index contributed by atoms with van der Waals surface area (Å²) in [5.74, 6) is 10.5. The third kappa shape index (κ3) is 12.2. The van der Waals surface area contributed by atoms with E-state index in [0.29, 0.717) is 23.7 Å². The van der Waals surface area contributed by atoms with Gasteiger partial charge in [0.1, 0.15) is 0 Å². The quantitative estimate of drug-likeness (QED) is 0.0568. The molecule has 6 aliphatic heterocycles. The van der Waals surface area contributed by atoms with E-state index in [-0.39, 0.29) is 34.7 Å². The lowest BCUT2D eigenvalue weighted by Gasteiger charge is -2.41. The summed E-state index contributed by atoms with van der Waals surface area (Å²) in [6.07, 6.45) is 37.3. The Hall–Kier alpha value is -0.260. The molecule has 8 bridgehead atoms. The molecule has 8 nitrogen and oxygen atoms in total. The molecule has 12 fully saturated rings. The van der Waals surface area contributed by atoms with Crippen LogP contribution in [0.1, 0.15) is 128 Å². The van der Waals surface area contributed by atoms with Crippen LogP contribution in [0, 0.1) is 94.7 Å².